The minimum absolute atomic E-state index is 0.115. The fourth-order valence-electron chi connectivity index (χ4n) is 2.44. The van der Waals surface area contributed by atoms with Crippen molar-refractivity contribution in [1.82, 2.24) is 4.98 Å². The molecule has 0 aliphatic heterocycles. The number of methoxy groups -OCH3 is 1. The van der Waals surface area contributed by atoms with Gasteiger partial charge in [-0.25, -0.2) is 4.98 Å². The van der Waals surface area contributed by atoms with Crippen LogP contribution in [0.25, 0.3) is 0 Å². The number of hydrogen-bond donors (Lipinski definition) is 2. The van der Waals surface area contributed by atoms with Gasteiger partial charge in [-0.05, 0) is 48.5 Å². The van der Waals surface area contributed by atoms with Gasteiger partial charge < -0.3 is 15.4 Å². The molecule has 144 valence electrons. The third-order valence-electron chi connectivity index (χ3n) is 3.87. The summed E-state index contributed by atoms with van der Waals surface area (Å²) in [5.41, 5.74) is 0.455. The highest BCUT2D eigenvalue weighted by molar-refractivity contribution is 6.04. The van der Waals surface area contributed by atoms with Gasteiger partial charge >= 0.3 is 6.18 Å². The van der Waals surface area contributed by atoms with Crippen molar-refractivity contribution in [3.63, 3.8) is 0 Å². The number of nitrogens with one attached hydrogen (secondary N) is 2. The Morgan fingerprint density at radius 3 is 2.32 bits per heavy atom. The first-order valence-corrected chi connectivity index (χ1v) is 8.21. The number of carbonyl (C=O) groups excluding carboxylic acids is 1. The van der Waals surface area contributed by atoms with Crippen LogP contribution in [0.5, 0.6) is 5.75 Å². The number of ether oxygens (including phenoxy) is 1. The quantitative estimate of drug-likeness (QED) is 0.639. The Hall–Kier alpha value is -3.55. The number of anilines is 3. The molecule has 28 heavy (non-hydrogen) atoms. The van der Waals surface area contributed by atoms with Crippen LogP contribution in [0.3, 0.4) is 0 Å². The normalized spacial score (nSPS) is 11.0. The van der Waals surface area contributed by atoms with Gasteiger partial charge in [0.1, 0.15) is 11.6 Å². The summed E-state index contributed by atoms with van der Waals surface area (Å²) >= 11 is 0. The average molecular weight is 387 g/mol. The van der Waals surface area contributed by atoms with Crippen LogP contribution < -0.4 is 15.4 Å². The summed E-state index contributed by atoms with van der Waals surface area (Å²) in [5.74, 6) is 0.668. The highest BCUT2D eigenvalue weighted by Gasteiger charge is 2.30. The number of para-hydroxylation sites is 2. The number of nitrogens with zero attached hydrogens (tertiary/aromatic N) is 1. The number of benzene rings is 2. The maximum atomic E-state index is 12.6. The zero-order valence-corrected chi connectivity index (χ0v) is 14.7. The van der Waals surface area contributed by atoms with Crippen molar-refractivity contribution >= 4 is 23.1 Å². The maximum absolute atomic E-state index is 12.6. The van der Waals surface area contributed by atoms with E-state index in [9.17, 15) is 18.0 Å². The molecule has 1 amide bonds. The molecule has 0 aliphatic carbocycles. The molecule has 0 atom stereocenters. The second-order valence-corrected chi connectivity index (χ2v) is 5.79. The van der Waals surface area contributed by atoms with Gasteiger partial charge in [-0.2, -0.15) is 13.2 Å². The van der Waals surface area contributed by atoms with E-state index >= 15 is 0 Å². The van der Waals surface area contributed by atoms with Gasteiger partial charge in [-0.3, -0.25) is 4.79 Å². The molecule has 0 saturated heterocycles. The molecule has 8 heteroatoms. The van der Waals surface area contributed by atoms with Crippen LogP contribution in [-0.4, -0.2) is 18.0 Å². The Labute approximate surface area is 159 Å². The zero-order chi connectivity index (χ0) is 20.1. The molecule has 0 aliphatic rings. The molecule has 2 N–H and O–H groups in total. The predicted molar refractivity (Wildman–Crippen MR) is 99.9 cm³/mol. The van der Waals surface area contributed by atoms with Crippen LogP contribution in [0.4, 0.5) is 30.4 Å². The van der Waals surface area contributed by atoms with E-state index < -0.39 is 17.6 Å². The Kier molecular flexibility index (Phi) is 5.49. The number of pyridine rings is 1. The SMILES string of the molecule is COc1ccccc1Nc1ccc(NC(=O)c2ccc(C(F)(F)F)cc2)cn1. The van der Waals surface area contributed by atoms with E-state index in [1.165, 1.54) is 6.20 Å². The second kappa shape index (κ2) is 7.99. The van der Waals surface area contributed by atoms with Crippen LogP contribution in [0.2, 0.25) is 0 Å². The molecular formula is C20H16F3N3O2. The molecule has 1 aromatic heterocycles. The Morgan fingerprint density at radius 2 is 1.71 bits per heavy atom. The Balaban J connectivity index is 1.66. The van der Waals surface area contributed by atoms with Gasteiger partial charge in [-0.1, -0.05) is 12.1 Å². The summed E-state index contributed by atoms with van der Waals surface area (Å²) in [6.45, 7) is 0. The Bertz CT molecular complexity index is 956. The smallest absolute Gasteiger partial charge is 0.416 e. The van der Waals surface area contributed by atoms with Crippen molar-refractivity contribution in [2.45, 2.75) is 6.18 Å². The molecular weight excluding hydrogens is 371 g/mol. The van der Waals surface area contributed by atoms with Gasteiger partial charge in [0.2, 0.25) is 0 Å². The number of rotatable bonds is 5. The molecule has 5 nitrogen and oxygen atoms in total. The summed E-state index contributed by atoms with van der Waals surface area (Å²) in [7, 11) is 1.56. The molecule has 0 unspecified atom stereocenters. The van der Waals surface area contributed by atoms with E-state index in [0.29, 0.717) is 17.3 Å². The number of alkyl halides is 3. The highest BCUT2D eigenvalue weighted by atomic mass is 19.4. The molecule has 1 heterocycles. The van der Waals surface area contributed by atoms with Gasteiger partial charge in [0.05, 0.1) is 30.2 Å². The summed E-state index contributed by atoms with van der Waals surface area (Å²) in [4.78, 5) is 16.4. The molecule has 0 spiro atoms. The van der Waals surface area contributed by atoms with E-state index in [0.717, 1.165) is 30.0 Å². The summed E-state index contributed by atoms with van der Waals surface area (Å²) in [6.07, 6.45) is -3.00. The highest BCUT2D eigenvalue weighted by Crippen LogP contribution is 2.29. The van der Waals surface area contributed by atoms with Crippen LogP contribution in [0.1, 0.15) is 15.9 Å². The van der Waals surface area contributed by atoms with Crippen molar-refractivity contribution < 1.29 is 22.7 Å². The lowest BCUT2D eigenvalue weighted by molar-refractivity contribution is -0.137. The first-order valence-electron chi connectivity index (χ1n) is 8.21. The van der Waals surface area contributed by atoms with Gasteiger partial charge in [0, 0.05) is 5.56 Å². The van der Waals surface area contributed by atoms with Crippen molar-refractivity contribution in [2.75, 3.05) is 17.7 Å². The zero-order valence-electron chi connectivity index (χ0n) is 14.7. The first-order chi connectivity index (χ1) is 13.4. The molecule has 0 fully saturated rings. The van der Waals surface area contributed by atoms with Crippen molar-refractivity contribution in [3.05, 3.63) is 78.0 Å². The lowest BCUT2D eigenvalue weighted by atomic mass is 10.1. The molecule has 2 aromatic carbocycles. The standard InChI is InChI=1S/C20H16F3N3O2/c1-28-17-5-3-2-4-16(17)26-18-11-10-15(12-24-18)25-19(27)13-6-8-14(9-7-13)20(21,22)23/h2-12H,1H3,(H,24,26)(H,25,27). The largest absolute Gasteiger partial charge is 0.495 e. The molecule has 3 rings (SSSR count). The summed E-state index contributed by atoms with van der Waals surface area (Å²) < 4.78 is 43.0. The van der Waals surface area contributed by atoms with E-state index in [1.807, 2.05) is 18.2 Å². The number of halogens is 3. The second-order valence-electron chi connectivity index (χ2n) is 5.79. The third-order valence-corrected chi connectivity index (χ3v) is 3.87. The third kappa shape index (κ3) is 4.59. The molecule has 0 radical (unpaired) electrons. The monoisotopic (exact) mass is 387 g/mol. The average Bonchev–Trinajstić information content (AvgIpc) is 2.69. The van der Waals surface area contributed by atoms with E-state index in [-0.39, 0.29) is 5.56 Å². The van der Waals surface area contributed by atoms with E-state index in [4.69, 9.17) is 4.74 Å². The van der Waals surface area contributed by atoms with Gasteiger partial charge in [0.25, 0.3) is 5.91 Å². The van der Waals surface area contributed by atoms with Crippen molar-refractivity contribution in [3.8, 4) is 5.75 Å². The van der Waals surface area contributed by atoms with Crippen LogP contribution in [0, 0.1) is 0 Å². The number of aromatic nitrogens is 1. The predicted octanol–water partition coefficient (Wildman–Crippen LogP) is 5.10. The Morgan fingerprint density at radius 1 is 1.00 bits per heavy atom. The lowest BCUT2D eigenvalue weighted by Crippen LogP contribution is -2.13. The van der Waals surface area contributed by atoms with Crippen LogP contribution in [-0.2, 0) is 6.18 Å². The molecule has 0 bridgehead atoms. The van der Waals surface area contributed by atoms with Gasteiger partial charge in [-0.15, -0.1) is 0 Å². The summed E-state index contributed by atoms with van der Waals surface area (Å²) in [5, 5.41) is 5.70. The first kappa shape index (κ1) is 19.2. The molecule has 3 aromatic rings. The van der Waals surface area contributed by atoms with E-state index in [1.54, 1.807) is 25.3 Å². The maximum Gasteiger partial charge on any atom is 0.416 e. The lowest BCUT2D eigenvalue weighted by Gasteiger charge is -2.11. The van der Waals surface area contributed by atoms with Gasteiger partial charge in [0.15, 0.2) is 0 Å². The van der Waals surface area contributed by atoms with Crippen LogP contribution >= 0.6 is 0 Å². The molecule has 0 saturated carbocycles. The fourth-order valence-corrected chi connectivity index (χ4v) is 2.44. The number of hydrogen-bond acceptors (Lipinski definition) is 4. The topological polar surface area (TPSA) is 63.2 Å². The fraction of sp³-hybridized carbons (Fsp3) is 0.100. The minimum Gasteiger partial charge on any atom is -0.495 e. The summed E-state index contributed by atoms with van der Waals surface area (Å²) in [6, 6.07) is 14.6. The number of amides is 1. The van der Waals surface area contributed by atoms with Crippen molar-refractivity contribution in [2.24, 2.45) is 0 Å². The number of carbonyl (C=O) groups is 1. The van der Waals surface area contributed by atoms with Crippen LogP contribution in [0.15, 0.2) is 66.9 Å². The minimum atomic E-state index is -4.44. The van der Waals surface area contributed by atoms with Crippen molar-refractivity contribution in [1.29, 1.82) is 0 Å². The van der Waals surface area contributed by atoms with E-state index in [2.05, 4.69) is 15.6 Å².